The Bertz CT molecular complexity index is 2220. The van der Waals surface area contributed by atoms with Gasteiger partial charge in [0.1, 0.15) is 0 Å². The van der Waals surface area contributed by atoms with Crippen LogP contribution < -0.4 is 9.80 Å². The Balaban J connectivity index is 1.18. The zero-order chi connectivity index (χ0) is 35.9. The van der Waals surface area contributed by atoms with Gasteiger partial charge >= 0.3 is 11.9 Å². The largest absolute Gasteiger partial charge is 0.433 e. The smallest absolute Gasteiger partial charge is 0.341 e. The molecule has 0 radical (unpaired) electrons. The van der Waals surface area contributed by atoms with Gasteiger partial charge in [-0.3, -0.25) is 19.4 Å². The third-order valence-corrected chi connectivity index (χ3v) is 9.51. The molecule has 6 aromatic carbocycles. The fourth-order valence-electron chi connectivity index (χ4n) is 6.95. The van der Waals surface area contributed by atoms with Crippen LogP contribution in [-0.4, -0.2) is 23.8 Å². The molecular formula is C44H32N2O6. The topological polar surface area (TPSA) is 93.2 Å². The average molecular weight is 685 g/mol. The number of benzene rings is 6. The lowest BCUT2D eigenvalue weighted by Gasteiger charge is -2.31. The van der Waals surface area contributed by atoms with Crippen molar-refractivity contribution in [3.63, 3.8) is 0 Å². The molecule has 0 saturated carbocycles. The van der Waals surface area contributed by atoms with Crippen LogP contribution in [0.3, 0.4) is 0 Å². The van der Waals surface area contributed by atoms with Gasteiger partial charge < -0.3 is 9.47 Å². The summed E-state index contributed by atoms with van der Waals surface area (Å²) in [4.78, 5) is 58.1. The summed E-state index contributed by atoms with van der Waals surface area (Å²) in [5.74, 6) is -1.82. The van der Waals surface area contributed by atoms with Crippen LogP contribution in [-0.2, 0) is 9.47 Å². The van der Waals surface area contributed by atoms with Crippen LogP contribution in [0, 0.1) is 13.8 Å². The van der Waals surface area contributed by atoms with E-state index in [0.717, 1.165) is 22.3 Å². The van der Waals surface area contributed by atoms with Crippen LogP contribution in [0.25, 0.3) is 11.1 Å². The van der Waals surface area contributed by atoms with Crippen LogP contribution in [0.15, 0.2) is 146 Å². The summed E-state index contributed by atoms with van der Waals surface area (Å²) in [7, 11) is 0. The van der Waals surface area contributed by atoms with Crippen molar-refractivity contribution in [3.8, 4) is 11.1 Å². The number of ether oxygens (including phenoxy) is 2. The highest BCUT2D eigenvalue weighted by Gasteiger charge is 2.39. The molecule has 0 saturated heterocycles. The third kappa shape index (κ3) is 5.60. The summed E-state index contributed by atoms with van der Waals surface area (Å²) in [6.07, 6.45) is -1.97. The maximum Gasteiger partial charge on any atom is 0.341 e. The number of cyclic esters (lactones) is 2. The summed E-state index contributed by atoms with van der Waals surface area (Å²) >= 11 is 0. The molecule has 2 aliphatic rings. The van der Waals surface area contributed by atoms with Gasteiger partial charge in [-0.05, 0) is 84.6 Å². The van der Waals surface area contributed by atoms with Crippen LogP contribution >= 0.6 is 0 Å². The molecule has 2 aliphatic heterocycles. The van der Waals surface area contributed by atoms with E-state index in [0.29, 0.717) is 22.5 Å². The molecule has 8 nitrogen and oxygen atoms in total. The highest BCUT2D eigenvalue weighted by atomic mass is 16.6. The summed E-state index contributed by atoms with van der Waals surface area (Å²) in [6.45, 7) is 3.83. The number of rotatable bonds is 5. The van der Waals surface area contributed by atoms with Crippen molar-refractivity contribution < 1.29 is 28.7 Å². The van der Waals surface area contributed by atoms with Crippen LogP contribution in [0.5, 0.6) is 0 Å². The number of carbonyl (C=O) groups is 4. The molecule has 254 valence electrons. The average Bonchev–Trinajstić information content (AvgIpc) is 3.36. The van der Waals surface area contributed by atoms with Gasteiger partial charge in [0.15, 0.2) is 0 Å². The molecule has 2 unspecified atom stereocenters. The highest BCUT2D eigenvalue weighted by molar-refractivity contribution is 6.15. The Kier molecular flexibility index (Phi) is 8.20. The minimum Gasteiger partial charge on any atom is -0.433 e. The van der Waals surface area contributed by atoms with E-state index in [1.54, 1.807) is 58.3 Å². The number of hydrogen-bond donors (Lipinski definition) is 0. The van der Waals surface area contributed by atoms with E-state index in [4.69, 9.17) is 9.47 Å². The summed E-state index contributed by atoms with van der Waals surface area (Å²) in [5.41, 5.74) is 6.84. The van der Waals surface area contributed by atoms with E-state index in [-0.39, 0.29) is 34.1 Å². The van der Waals surface area contributed by atoms with E-state index in [9.17, 15) is 19.2 Å². The first-order valence-electron chi connectivity index (χ1n) is 16.9. The zero-order valence-electron chi connectivity index (χ0n) is 28.4. The first-order valence-corrected chi connectivity index (χ1v) is 16.9. The van der Waals surface area contributed by atoms with E-state index in [1.807, 2.05) is 111 Å². The van der Waals surface area contributed by atoms with Gasteiger partial charge in [0.05, 0.1) is 33.6 Å². The number of hydrogen-bond acceptors (Lipinski definition) is 6. The SMILES string of the molecule is Cc1cc(-c2ccc(N3C(=O)c4ccccc4C(=O)OC3c3ccccc3)c(C)c2)ccc1N1C(=O)c2ccccc2C(=O)OC1c1ccccc1. The van der Waals surface area contributed by atoms with E-state index in [1.165, 1.54) is 0 Å². The van der Waals surface area contributed by atoms with Crippen molar-refractivity contribution in [2.45, 2.75) is 26.3 Å². The maximum atomic E-state index is 14.2. The molecule has 2 heterocycles. The number of aryl methyl sites for hydroxylation is 2. The normalized spacial score (nSPS) is 17.0. The van der Waals surface area contributed by atoms with Crippen LogP contribution in [0.1, 0.15) is 76.1 Å². The predicted octanol–water partition coefficient (Wildman–Crippen LogP) is 9.00. The number of carbonyl (C=O) groups excluding carboxylic acids is 4. The number of anilines is 2. The molecule has 0 fully saturated rings. The van der Waals surface area contributed by atoms with Gasteiger partial charge in [0.25, 0.3) is 11.8 Å². The third-order valence-electron chi connectivity index (χ3n) is 9.51. The van der Waals surface area contributed by atoms with Gasteiger partial charge in [-0.15, -0.1) is 0 Å². The lowest BCUT2D eigenvalue weighted by molar-refractivity contribution is 0.0292. The predicted molar refractivity (Wildman–Crippen MR) is 197 cm³/mol. The standard InChI is InChI=1S/C44H32N2O6/c1-27-25-31(21-23-37(27)45-39(47)33-17-9-11-19-35(33)43(49)51-41(45)29-13-5-3-6-14-29)32-22-24-38(28(2)26-32)46-40(48)34-18-10-12-20-36(34)44(50)52-42(46)30-15-7-4-8-16-30/h3-26,41-42H,1-2H3. The maximum absolute atomic E-state index is 14.2. The molecule has 0 aromatic heterocycles. The second-order valence-electron chi connectivity index (χ2n) is 12.8. The fraction of sp³-hybridized carbons (Fsp3) is 0.0909. The Morgan fingerprint density at radius 2 is 0.769 bits per heavy atom. The van der Waals surface area contributed by atoms with Gasteiger partial charge in [-0.2, -0.15) is 0 Å². The number of fused-ring (bicyclic) bond motifs is 2. The van der Waals surface area contributed by atoms with Gasteiger partial charge in [0, 0.05) is 11.1 Å². The van der Waals surface area contributed by atoms with Crippen molar-refractivity contribution in [3.05, 3.63) is 190 Å². The van der Waals surface area contributed by atoms with Crippen molar-refractivity contribution >= 4 is 35.1 Å². The van der Waals surface area contributed by atoms with Gasteiger partial charge in [-0.1, -0.05) is 97.1 Å². The molecule has 0 spiro atoms. The molecular weight excluding hydrogens is 652 g/mol. The van der Waals surface area contributed by atoms with E-state index in [2.05, 4.69) is 0 Å². The Morgan fingerprint density at radius 3 is 1.13 bits per heavy atom. The van der Waals surface area contributed by atoms with Crippen LogP contribution in [0.4, 0.5) is 11.4 Å². The minimum atomic E-state index is -0.984. The second-order valence-corrected chi connectivity index (χ2v) is 12.8. The Labute approximate surface area is 300 Å². The second kappa shape index (κ2) is 13.2. The number of nitrogens with zero attached hydrogens (tertiary/aromatic N) is 2. The first-order chi connectivity index (χ1) is 25.3. The zero-order valence-corrected chi connectivity index (χ0v) is 28.4. The van der Waals surface area contributed by atoms with Crippen LogP contribution in [0.2, 0.25) is 0 Å². The molecule has 8 heteroatoms. The first kappa shape index (κ1) is 32.4. The summed E-state index contributed by atoms with van der Waals surface area (Å²) in [5, 5.41) is 0. The lowest BCUT2D eigenvalue weighted by Crippen LogP contribution is -2.35. The number of amides is 2. The van der Waals surface area contributed by atoms with Gasteiger partial charge in [0.2, 0.25) is 12.5 Å². The quantitative estimate of drug-likeness (QED) is 0.168. The van der Waals surface area contributed by atoms with Crippen molar-refractivity contribution in [1.82, 2.24) is 0 Å². The lowest BCUT2D eigenvalue weighted by atomic mass is 9.98. The van der Waals surface area contributed by atoms with E-state index >= 15 is 0 Å². The molecule has 0 aliphatic carbocycles. The monoisotopic (exact) mass is 684 g/mol. The molecule has 52 heavy (non-hydrogen) atoms. The fourth-order valence-corrected chi connectivity index (χ4v) is 6.95. The molecule has 8 rings (SSSR count). The Morgan fingerprint density at radius 1 is 0.423 bits per heavy atom. The molecule has 6 aromatic rings. The highest BCUT2D eigenvalue weighted by Crippen LogP contribution is 2.40. The molecule has 0 N–H and O–H groups in total. The molecule has 0 bridgehead atoms. The van der Waals surface area contributed by atoms with E-state index < -0.39 is 24.4 Å². The van der Waals surface area contributed by atoms with Crippen molar-refractivity contribution in [2.24, 2.45) is 0 Å². The van der Waals surface area contributed by atoms with Crippen molar-refractivity contribution in [1.29, 1.82) is 0 Å². The number of esters is 2. The summed E-state index contributed by atoms with van der Waals surface area (Å²) < 4.78 is 12.0. The molecule has 2 amide bonds. The molecule has 2 atom stereocenters. The summed E-state index contributed by atoms with van der Waals surface area (Å²) in [6, 6.07) is 43.4. The van der Waals surface area contributed by atoms with Gasteiger partial charge in [-0.25, -0.2) is 9.59 Å². The Hall–Kier alpha value is -6.80. The van der Waals surface area contributed by atoms with Crippen molar-refractivity contribution in [2.75, 3.05) is 9.80 Å². The minimum absolute atomic E-state index is 0.219.